The number of allylic oxidation sites excluding steroid dienone is 3. The molecule has 0 saturated carbocycles. The zero-order valence-corrected chi connectivity index (χ0v) is 12.6. The van der Waals surface area contributed by atoms with Gasteiger partial charge < -0.3 is 0 Å². The molecular weight excluding hydrogens is 275 g/mol. The molecule has 0 aliphatic carbocycles. The Hall–Kier alpha value is 0.279. The summed E-state index contributed by atoms with van der Waals surface area (Å²) in [6, 6.07) is 0. The predicted octanol–water partition coefficient (Wildman–Crippen LogP) is 4.56. The van der Waals surface area contributed by atoms with E-state index >= 15 is 0 Å². The Morgan fingerprint density at radius 2 is 1.57 bits per heavy atom. The van der Waals surface area contributed by atoms with E-state index in [1.807, 2.05) is 0 Å². The fourth-order valence-corrected chi connectivity index (χ4v) is 4.14. The minimum atomic E-state index is -0.0987. The molecule has 0 aliphatic rings. The van der Waals surface area contributed by atoms with E-state index in [1.165, 1.54) is 43.0 Å². The maximum atomic E-state index is 2.51. The standard InChI is InChI=1S/C9H15.C4H9.Sn/c1-3-5-7-9-8-6-4-2;1-3-4-2;/h1,3,8-9H,4-7H2,2H3;1,3-4H2,2H3;. The van der Waals surface area contributed by atoms with Gasteiger partial charge in [0.25, 0.3) is 0 Å². The molecule has 0 unspecified atom stereocenters. The van der Waals surface area contributed by atoms with Crippen LogP contribution in [-0.2, 0) is 0 Å². The number of unbranched alkanes of at least 4 members (excludes halogenated alkanes) is 3. The average Bonchev–Trinajstić information content (AvgIpc) is 2.21. The third kappa shape index (κ3) is 12.3. The zero-order valence-electron chi connectivity index (χ0n) is 9.76. The monoisotopic (exact) mass is 300 g/mol. The van der Waals surface area contributed by atoms with Crippen molar-refractivity contribution in [3.63, 3.8) is 0 Å². The van der Waals surface area contributed by atoms with Gasteiger partial charge in [0.05, 0.1) is 0 Å². The van der Waals surface area contributed by atoms with Gasteiger partial charge in [-0.25, -0.2) is 0 Å². The van der Waals surface area contributed by atoms with E-state index < -0.39 is 0 Å². The summed E-state index contributed by atoms with van der Waals surface area (Å²) >= 11 is -0.0987. The first-order valence-corrected chi connectivity index (χ1v) is 9.61. The molecule has 14 heavy (non-hydrogen) atoms. The molecule has 0 aromatic heterocycles. The van der Waals surface area contributed by atoms with E-state index in [0.29, 0.717) is 0 Å². The van der Waals surface area contributed by atoms with Crippen molar-refractivity contribution in [2.75, 3.05) is 0 Å². The van der Waals surface area contributed by atoms with Crippen molar-refractivity contribution in [3.05, 3.63) is 22.3 Å². The van der Waals surface area contributed by atoms with Gasteiger partial charge in [-0.3, -0.25) is 0 Å². The van der Waals surface area contributed by atoms with Gasteiger partial charge in [0.15, 0.2) is 0 Å². The molecule has 1 heteroatoms. The van der Waals surface area contributed by atoms with Gasteiger partial charge >= 0.3 is 100 Å². The van der Waals surface area contributed by atoms with E-state index in [0.717, 1.165) is 0 Å². The molecular formula is C13H24Sn. The molecule has 0 rings (SSSR count). The summed E-state index contributed by atoms with van der Waals surface area (Å²) in [5.41, 5.74) is 0. The van der Waals surface area contributed by atoms with E-state index in [2.05, 4.69) is 36.2 Å². The summed E-state index contributed by atoms with van der Waals surface area (Å²) < 4.78 is 4.04. The van der Waals surface area contributed by atoms with Gasteiger partial charge in [0.2, 0.25) is 0 Å². The third-order valence-electron chi connectivity index (χ3n) is 2.03. The Bertz CT molecular complexity index is 147. The molecule has 0 aromatic rings. The number of hydrogen-bond acceptors (Lipinski definition) is 0. The first-order valence-electron chi connectivity index (χ1n) is 5.95. The van der Waals surface area contributed by atoms with Crippen LogP contribution in [0.1, 0.15) is 52.4 Å². The van der Waals surface area contributed by atoms with Crippen molar-refractivity contribution in [1.82, 2.24) is 0 Å². The first-order chi connectivity index (χ1) is 6.91. The summed E-state index contributed by atoms with van der Waals surface area (Å²) in [6.45, 7) is 4.51. The van der Waals surface area contributed by atoms with Crippen LogP contribution in [0.3, 0.4) is 0 Å². The van der Waals surface area contributed by atoms with Crippen molar-refractivity contribution in [2.45, 2.75) is 56.8 Å². The fraction of sp³-hybridized carbons (Fsp3) is 0.692. The maximum absolute atomic E-state index is 2.51. The molecule has 0 amide bonds. The summed E-state index contributed by atoms with van der Waals surface area (Å²) in [4.78, 5) is 0. The summed E-state index contributed by atoms with van der Waals surface area (Å²) in [7, 11) is 0. The molecule has 0 spiro atoms. The molecule has 0 aromatic carbocycles. The zero-order chi connectivity index (χ0) is 10.5. The molecule has 0 fully saturated rings. The van der Waals surface area contributed by atoms with E-state index in [9.17, 15) is 0 Å². The van der Waals surface area contributed by atoms with Gasteiger partial charge in [0.1, 0.15) is 0 Å². The summed E-state index contributed by atoms with van der Waals surface area (Å²) in [5.74, 6) is 0. The molecule has 0 nitrogen and oxygen atoms in total. The van der Waals surface area contributed by atoms with Crippen molar-refractivity contribution in [1.29, 1.82) is 0 Å². The topological polar surface area (TPSA) is 0 Å². The number of rotatable bonds is 9. The molecule has 80 valence electrons. The second-order valence-corrected chi connectivity index (χ2v) is 7.09. The Labute approximate surface area is 100 Å². The van der Waals surface area contributed by atoms with Crippen LogP contribution in [0.5, 0.6) is 0 Å². The Morgan fingerprint density at radius 3 is 2.29 bits per heavy atom. The number of hydrogen-bond donors (Lipinski definition) is 0. The van der Waals surface area contributed by atoms with Crippen LogP contribution in [0.25, 0.3) is 0 Å². The van der Waals surface area contributed by atoms with Gasteiger partial charge in [-0.1, -0.05) is 0 Å². The van der Waals surface area contributed by atoms with Crippen LogP contribution in [0.2, 0.25) is 4.44 Å². The third-order valence-corrected chi connectivity index (χ3v) is 5.21. The van der Waals surface area contributed by atoms with Gasteiger partial charge in [-0.2, -0.15) is 0 Å². The van der Waals surface area contributed by atoms with Crippen molar-refractivity contribution < 1.29 is 0 Å². The molecule has 0 N–H and O–H groups in total. The van der Waals surface area contributed by atoms with Crippen molar-refractivity contribution >= 4 is 21.1 Å². The quantitative estimate of drug-likeness (QED) is 0.332. The van der Waals surface area contributed by atoms with Crippen LogP contribution in [-0.4, -0.2) is 21.1 Å². The first kappa shape index (κ1) is 14.3. The van der Waals surface area contributed by atoms with Gasteiger partial charge in [-0.15, -0.1) is 0 Å². The SMILES string of the molecule is CCCC=CCC/C=[CH]/[Sn][CH2]CCC. The van der Waals surface area contributed by atoms with Crippen LogP contribution in [0.4, 0.5) is 0 Å². The molecule has 0 bridgehead atoms. The molecule has 0 atom stereocenters. The molecule has 2 radical (unpaired) electrons. The summed E-state index contributed by atoms with van der Waals surface area (Å²) in [5, 5.41) is 0. The van der Waals surface area contributed by atoms with Gasteiger partial charge in [-0.05, 0) is 0 Å². The van der Waals surface area contributed by atoms with Crippen LogP contribution >= 0.6 is 0 Å². The Morgan fingerprint density at radius 1 is 0.857 bits per heavy atom. The normalized spacial score (nSPS) is 11.9. The van der Waals surface area contributed by atoms with E-state index in [1.54, 1.807) is 0 Å². The minimum absolute atomic E-state index is 0.0987. The molecule has 0 aliphatic heterocycles. The molecule has 0 saturated heterocycles. The second-order valence-electron chi connectivity index (χ2n) is 3.55. The summed E-state index contributed by atoms with van der Waals surface area (Å²) in [6.07, 6.45) is 14.9. The van der Waals surface area contributed by atoms with Crippen LogP contribution < -0.4 is 0 Å². The van der Waals surface area contributed by atoms with E-state index in [-0.39, 0.29) is 21.1 Å². The second kappa shape index (κ2) is 13.3. The van der Waals surface area contributed by atoms with Gasteiger partial charge in [0, 0.05) is 0 Å². The predicted molar refractivity (Wildman–Crippen MR) is 67.9 cm³/mol. The Kier molecular flexibility index (Phi) is 13.5. The fourth-order valence-electron chi connectivity index (χ4n) is 1.12. The van der Waals surface area contributed by atoms with E-state index in [4.69, 9.17) is 0 Å². The Balaban J connectivity index is 3.10. The average molecular weight is 299 g/mol. The van der Waals surface area contributed by atoms with Crippen LogP contribution in [0, 0.1) is 0 Å². The van der Waals surface area contributed by atoms with Crippen LogP contribution in [0.15, 0.2) is 22.3 Å². The van der Waals surface area contributed by atoms with Crippen molar-refractivity contribution in [3.8, 4) is 0 Å². The molecule has 0 heterocycles. The van der Waals surface area contributed by atoms with Crippen molar-refractivity contribution in [2.24, 2.45) is 0 Å².